The molecule has 1 atom stereocenters. The molecule has 0 spiro atoms. The third-order valence-corrected chi connectivity index (χ3v) is 3.07. The maximum Gasteiger partial charge on any atom is 0.339 e. The number of nitrogens with one attached hydrogen (secondary N) is 1. The molecule has 1 unspecified atom stereocenters. The van der Waals surface area contributed by atoms with Crippen LogP contribution in [0.3, 0.4) is 0 Å². The zero-order chi connectivity index (χ0) is 15.3. The molecular weight excluding hydrogens is 272 g/mol. The number of carbonyl (C=O) groups is 1. The van der Waals surface area contributed by atoms with E-state index in [-0.39, 0.29) is 17.7 Å². The average Bonchev–Trinajstić information content (AvgIpc) is 2.45. The molecule has 2 heterocycles. The van der Waals surface area contributed by atoms with Crippen molar-refractivity contribution in [2.45, 2.75) is 32.5 Å². The summed E-state index contributed by atoms with van der Waals surface area (Å²) in [4.78, 5) is 15.6. The van der Waals surface area contributed by atoms with E-state index in [2.05, 4.69) is 10.3 Å². The van der Waals surface area contributed by atoms with Crippen molar-refractivity contribution in [3.8, 4) is 5.88 Å². The predicted molar refractivity (Wildman–Crippen MR) is 77.5 cm³/mol. The van der Waals surface area contributed by atoms with E-state index < -0.39 is 0 Å². The largest absolute Gasteiger partial charge is 0.475 e. The molecule has 0 bridgehead atoms. The maximum absolute atomic E-state index is 11.5. The molecule has 21 heavy (non-hydrogen) atoms. The molecule has 0 radical (unpaired) electrons. The van der Waals surface area contributed by atoms with Crippen molar-refractivity contribution in [1.29, 1.82) is 0 Å². The Labute approximate surface area is 124 Å². The minimum absolute atomic E-state index is 0.0136. The Hall–Kier alpha value is -1.66. The first kappa shape index (κ1) is 15.7. The molecular formula is C15H22N2O4. The van der Waals surface area contributed by atoms with Crippen molar-refractivity contribution in [3.63, 3.8) is 0 Å². The highest BCUT2D eigenvalue weighted by Gasteiger charge is 2.28. The summed E-state index contributed by atoms with van der Waals surface area (Å²) in [6.45, 7) is 8.20. The molecule has 0 aliphatic carbocycles. The SMILES string of the molecule is CCOC(=O)c1ccc(OCC2CNCC(C)(C)O2)nc1. The first-order valence-electron chi connectivity index (χ1n) is 7.14. The van der Waals surface area contributed by atoms with E-state index >= 15 is 0 Å². The second kappa shape index (κ2) is 6.87. The Bertz CT molecular complexity index is 473. The summed E-state index contributed by atoms with van der Waals surface area (Å²) in [7, 11) is 0. The van der Waals surface area contributed by atoms with Crippen molar-refractivity contribution in [3.05, 3.63) is 23.9 Å². The van der Waals surface area contributed by atoms with Crippen molar-refractivity contribution in [2.24, 2.45) is 0 Å². The van der Waals surface area contributed by atoms with Crippen molar-refractivity contribution in [2.75, 3.05) is 26.3 Å². The molecule has 1 aromatic heterocycles. The van der Waals surface area contributed by atoms with E-state index in [1.54, 1.807) is 19.1 Å². The van der Waals surface area contributed by atoms with Crippen LogP contribution in [-0.4, -0.2) is 49.0 Å². The highest BCUT2D eigenvalue weighted by atomic mass is 16.6. The lowest BCUT2D eigenvalue weighted by Gasteiger charge is -2.36. The second-order valence-corrected chi connectivity index (χ2v) is 5.55. The number of morpholine rings is 1. The lowest BCUT2D eigenvalue weighted by Crippen LogP contribution is -2.52. The van der Waals surface area contributed by atoms with E-state index in [0.29, 0.717) is 24.7 Å². The van der Waals surface area contributed by atoms with Gasteiger partial charge in [0, 0.05) is 25.4 Å². The van der Waals surface area contributed by atoms with Crippen LogP contribution in [0.1, 0.15) is 31.1 Å². The second-order valence-electron chi connectivity index (χ2n) is 5.55. The van der Waals surface area contributed by atoms with Crippen molar-refractivity contribution < 1.29 is 19.0 Å². The zero-order valence-electron chi connectivity index (χ0n) is 12.7. The van der Waals surface area contributed by atoms with Gasteiger partial charge >= 0.3 is 5.97 Å². The quantitative estimate of drug-likeness (QED) is 0.828. The van der Waals surface area contributed by atoms with Crippen LogP contribution in [0.15, 0.2) is 18.3 Å². The van der Waals surface area contributed by atoms with Gasteiger partial charge in [0.15, 0.2) is 0 Å². The summed E-state index contributed by atoms with van der Waals surface area (Å²) in [5, 5.41) is 3.31. The molecule has 1 N–H and O–H groups in total. The molecule has 1 aromatic rings. The fraction of sp³-hybridized carbons (Fsp3) is 0.600. The summed E-state index contributed by atoms with van der Waals surface area (Å²) in [5.74, 6) is 0.0909. The van der Waals surface area contributed by atoms with E-state index in [0.717, 1.165) is 13.1 Å². The number of nitrogens with zero attached hydrogens (tertiary/aromatic N) is 1. The number of esters is 1. The molecule has 116 valence electrons. The van der Waals surface area contributed by atoms with Gasteiger partial charge in [-0.05, 0) is 26.8 Å². The van der Waals surface area contributed by atoms with Crippen LogP contribution in [0, 0.1) is 0 Å². The minimum atomic E-state index is -0.377. The van der Waals surface area contributed by atoms with Crippen LogP contribution in [-0.2, 0) is 9.47 Å². The molecule has 0 amide bonds. The number of hydrogen-bond donors (Lipinski definition) is 1. The van der Waals surface area contributed by atoms with Gasteiger partial charge in [0.2, 0.25) is 5.88 Å². The van der Waals surface area contributed by atoms with Gasteiger partial charge in [0.05, 0.1) is 17.8 Å². The Morgan fingerprint density at radius 3 is 2.95 bits per heavy atom. The van der Waals surface area contributed by atoms with Gasteiger partial charge in [-0.1, -0.05) is 0 Å². The first-order chi connectivity index (χ1) is 10.00. The normalized spacial score (nSPS) is 20.8. The number of pyridine rings is 1. The molecule has 6 heteroatoms. The molecule has 1 saturated heterocycles. The summed E-state index contributed by atoms with van der Waals surface area (Å²) in [5.41, 5.74) is 0.230. The highest BCUT2D eigenvalue weighted by molar-refractivity contribution is 5.89. The standard InChI is InChI=1S/C15H22N2O4/c1-4-19-14(18)11-5-6-13(17-7-11)20-9-12-8-16-10-15(2,3)21-12/h5-7,12,16H,4,8-10H2,1-3H3. The van der Waals surface area contributed by atoms with Crippen LogP contribution >= 0.6 is 0 Å². The molecule has 2 rings (SSSR count). The van der Waals surface area contributed by atoms with E-state index in [9.17, 15) is 4.79 Å². The summed E-state index contributed by atoms with van der Waals surface area (Å²) >= 11 is 0. The predicted octanol–water partition coefficient (Wildman–Crippen LogP) is 1.40. The summed E-state index contributed by atoms with van der Waals surface area (Å²) in [6.07, 6.45) is 1.44. The smallest absolute Gasteiger partial charge is 0.339 e. The van der Waals surface area contributed by atoms with Gasteiger partial charge in [0.1, 0.15) is 12.7 Å². The van der Waals surface area contributed by atoms with Crippen LogP contribution in [0.4, 0.5) is 0 Å². The molecule has 0 aromatic carbocycles. The van der Waals surface area contributed by atoms with Crippen molar-refractivity contribution in [1.82, 2.24) is 10.3 Å². The Morgan fingerprint density at radius 2 is 2.33 bits per heavy atom. The summed E-state index contributed by atoms with van der Waals surface area (Å²) < 4.78 is 16.4. The van der Waals surface area contributed by atoms with Crippen LogP contribution in [0.25, 0.3) is 0 Å². The molecule has 0 saturated carbocycles. The lowest BCUT2D eigenvalue weighted by atomic mass is 10.1. The van der Waals surface area contributed by atoms with E-state index in [1.807, 2.05) is 13.8 Å². The highest BCUT2D eigenvalue weighted by Crippen LogP contribution is 2.16. The third-order valence-electron chi connectivity index (χ3n) is 3.07. The van der Waals surface area contributed by atoms with Gasteiger partial charge in [-0.15, -0.1) is 0 Å². The number of carbonyl (C=O) groups excluding carboxylic acids is 1. The Kier molecular flexibility index (Phi) is 5.14. The number of aromatic nitrogens is 1. The number of ether oxygens (including phenoxy) is 3. The van der Waals surface area contributed by atoms with Gasteiger partial charge in [-0.25, -0.2) is 9.78 Å². The topological polar surface area (TPSA) is 69.7 Å². The maximum atomic E-state index is 11.5. The Morgan fingerprint density at radius 1 is 1.52 bits per heavy atom. The van der Waals surface area contributed by atoms with Gasteiger partial charge in [0.25, 0.3) is 0 Å². The average molecular weight is 294 g/mol. The molecule has 1 aliphatic heterocycles. The monoisotopic (exact) mass is 294 g/mol. The fourth-order valence-corrected chi connectivity index (χ4v) is 2.14. The van der Waals surface area contributed by atoms with Gasteiger partial charge < -0.3 is 19.5 Å². The van der Waals surface area contributed by atoms with Crippen LogP contribution in [0.2, 0.25) is 0 Å². The third kappa shape index (κ3) is 4.68. The summed E-state index contributed by atoms with van der Waals surface area (Å²) in [6, 6.07) is 3.30. The van der Waals surface area contributed by atoms with Crippen LogP contribution in [0.5, 0.6) is 5.88 Å². The Balaban J connectivity index is 1.85. The molecule has 6 nitrogen and oxygen atoms in total. The molecule has 1 aliphatic rings. The first-order valence-corrected chi connectivity index (χ1v) is 7.14. The lowest BCUT2D eigenvalue weighted by molar-refractivity contribution is -0.107. The number of hydrogen-bond acceptors (Lipinski definition) is 6. The van der Waals surface area contributed by atoms with E-state index in [4.69, 9.17) is 14.2 Å². The number of rotatable bonds is 5. The fourth-order valence-electron chi connectivity index (χ4n) is 2.14. The molecule has 1 fully saturated rings. The van der Waals surface area contributed by atoms with E-state index in [1.165, 1.54) is 6.20 Å². The van der Waals surface area contributed by atoms with Crippen LogP contribution < -0.4 is 10.1 Å². The zero-order valence-corrected chi connectivity index (χ0v) is 12.7. The van der Waals surface area contributed by atoms with Gasteiger partial charge in [-0.3, -0.25) is 0 Å². The van der Waals surface area contributed by atoms with Crippen molar-refractivity contribution >= 4 is 5.97 Å². The minimum Gasteiger partial charge on any atom is -0.475 e. The van der Waals surface area contributed by atoms with Gasteiger partial charge in [-0.2, -0.15) is 0 Å².